The first-order valence-corrected chi connectivity index (χ1v) is 7.34. The van der Waals surface area contributed by atoms with Gasteiger partial charge in [0.25, 0.3) is 5.91 Å². The summed E-state index contributed by atoms with van der Waals surface area (Å²) in [4.78, 5) is 12.5. The molecule has 1 aliphatic heterocycles. The molecule has 22 heavy (non-hydrogen) atoms. The monoisotopic (exact) mass is 305 g/mol. The van der Waals surface area contributed by atoms with Crippen LogP contribution in [0.4, 0.5) is 0 Å². The van der Waals surface area contributed by atoms with Gasteiger partial charge in [-0.05, 0) is 12.5 Å². The van der Waals surface area contributed by atoms with E-state index in [-0.39, 0.29) is 31.3 Å². The molecule has 0 radical (unpaired) electrons. The highest BCUT2D eigenvalue weighted by molar-refractivity contribution is 6.04. The van der Waals surface area contributed by atoms with Crippen LogP contribution in [-0.4, -0.2) is 59.8 Å². The van der Waals surface area contributed by atoms with Crippen molar-refractivity contribution < 1.29 is 19.4 Å². The quantitative estimate of drug-likeness (QED) is 0.746. The van der Waals surface area contributed by atoms with Gasteiger partial charge in [-0.1, -0.05) is 18.2 Å². The van der Waals surface area contributed by atoms with Gasteiger partial charge in [-0.25, -0.2) is 0 Å². The van der Waals surface area contributed by atoms with E-state index in [1.165, 1.54) is 0 Å². The number of amides is 1. The Labute approximate surface area is 127 Å². The lowest BCUT2D eigenvalue weighted by Crippen LogP contribution is -2.50. The SMILES string of the molecule is O=C(N[C@@H]1CCOC[C@H]1OCCO)c1n[nH]c2ccccc12. The van der Waals surface area contributed by atoms with Gasteiger partial charge < -0.3 is 19.9 Å². The van der Waals surface area contributed by atoms with Crippen LogP contribution in [0.1, 0.15) is 16.9 Å². The van der Waals surface area contributed by atoms with E-state index in [0.717, 1.165) is 10.9 Å². The van der Waals surface area contributed by atoms with Crippen LogP contribution in [0.5, 0.6) is 0 Å². The van der Waals surface area contributed by atoms with E-state index in [1.54, 1.807) is 0 Å². The van der Waals surface area contributed by atoms with Crippen LogP contribution in [0.25, 0.3) is 10.9 Å². The van der Waals surface area contributed by atoms with Crippen LogP contribution in [0.3, 0.4) is 0 Å². The summed E-state index contributed by atoms with van der Waals surface area (Å²) in [5.41, 5.74) is 1.20. The number of hydrogen-bond acceptors (Lipinski definition) is 5. The number of benzene rings is 1. The number of nitrogens with one attached hydrogen (secondary N) is 2. The third-order valence-corrected chi connectivity index (χ3v) is 3.73. The maximum Gasteiger partial charge on any atom is 0.272 e. The average Bonchev–Trinajstić information content (AvgIpc) is 2.98. The number of hydrogen-bond donors (Lipinski definition) is 3. The smallest absolute Gasteiger partial charge is 0.272 e. The number of rotatable bonds is 5. The molecule has 1 aromatic heterocycles. The van der Waals surface area contributed by atoms with Crippen molar-refractivity contribution in [3.63, 3.8) is 0 Å². The summed E-state index contributed by atoms with van der Waals surface area (Å²) in [6.45, 7) is 1.16. The lowest BCUT2D eigenvalue weighted by atomic mass is 10.1. The van der Waals surface area contributed by atoms with Crippen molar-refractivity contribution in [3.05, 3.63) is 30.0 Å². The van der Waals surface area contributed by atoms with Crippen LogP contribution in [0.15, 0.2) is 24.3 Å². The molecule has 7 nitrogen and oxygen atoms in total. The van der Waals surface area contributed by atoms with Crippen molar-refractivity contribution in [2.75, 3.05) is 26.4 Å². The largest absolute Gasteiger partial charge is 0.394 e. The van der Waals surface area contributed by atoms with Gasteiger partial charge in [0.1, 0.15) is 6.10 Å². The number of nitrogens with zero attached hydrogens (tertiary/aromatic N) is 1. The molecular formula is C15H19N3O4. The number of aliphatic hydroxyl groups is 1. The molecule has 0 unspecified atom stereocenters. The van der Waals surface area contributed by atoms with Crippen molar-refractivity contribution in [1.82, 2.24) is 15.5 Å². The lowest BCUT2D eigenvalue weighted by molar-refractivity contribution is -0.0737. The fraction of sp³-hybridized carbons (Fsp3) is 0.467. The zero-order valence-electron chi connectivity index (χ0n) is 12.1. The molecule has 2 atom stereocenters. The number of carbonyl (C=O) groups excluding carboxylic acids is 1. The number of carbonyl (C=O) groups is 1. The maximum absolute atomic E-state index is 12.5. The normalized spacial score (nSPS) is 21.9. The molecule has 2 heterocycles. The van der Waals surface area contributed by atoms with Crippen molar-refractivity contribution in [2.24, 2.45) is 0 Å². The van der Waals surface area contributed by atoms with E-state index in [0.29, 0.717) is 25.3 Å². The standard InChI is InChI=1S/C15H19N3O4/c19-6-8-22-13-9-21-7-5-12(13)16-15(20)14-10-3-1-2-4-11(10)17-18-14/h1-4,12-13,19H,5-9H2,(H,16,20)(H,17,18)/t12-,13-/m1/s1. The predicted molar refractivity (Wildman–Crippen MR) is 79.6 cm³/mol. The minimum Gasteiger partial charge on any atom is -0.394 e. The summed E-state index contributed by atoms with van der Waals surface area (Å²) in [5.74, 6) is -0.234. The Morgan fingerprint density at radius 3 is 3.23 bits per heavy atom. The number of fused-ring (bicyclic) bond motifs is 1. The molecule has 0 aliphatic carbocycles. The fourth-order valence-corrected chi connectivity index (χ4v) is 2.62. The van der Waals surface area contributed by atoms with Crippen molar-refractivity contribution in [1.29, 1.82) is 0 Å². The molecule has 3 rings (SSSR count). The third kappa shape index (κ3) is 3.11. The van der Waals surface area contributed by atoms with E-state index >= 15 is 0 Å². The van der Waals surface area contributed by atoms with Crippen molar-refractivity contribution >= 4 is 16.8 Å². The molecule has 7 heteroatoms. The number of ether oxygens (including phenoxy) is 2. The van der Waals surface area contributed by atoms with Gasteiger partial charge in [-0.2, -0.15) is 5.10 Å². The average molecular weight is 305 g/mol. The Bertz CT molecular complexity index is 643. The fourth-order valence-electron chi connectivity index (χ4n) is 2.62. The first kappa shape index (κ1) is 15.0. The third-order valence-electron chi connectivity index (χ3n) is 3.73. The van der Waals surface area contributed by atoms with Crippen LogP contribution in [-0.2, 0) is 9.47 Å². The van der Waals surface area contributed by atoms with Gasteiger partial charge in [-0.15, -0.1) is 0 Å². The lowest BCUT2D eigenvalue weighted by Gasteiger charge is -2.31. The second-order valence-electron chi connectivity index (χ2n) is 5.19. The molecule has 3 N–H and O–H groups in total. The Balaban J connectivity index is 1.72. The van der Waals surface area contributed by atoms with Crippen LogP contribution in [0.2, 0.25) is 0 Å². The Morgan fingerprint density at radius 1 is 1.50 bits per heavy atom. The summed E-state index contributed by atoms with van der Waals surface area (Å²) >= 11 is 0. The Kier molecular flexibility index (Phi) is 4.67. The van der Waals surface area contributed by atoms with Crippen molar-refractivity contribution in [2.45, 2.75) is 18.6 Å². The van der Waals surface area contributed by atoms with Gasteiger partial charge in [0, 0.05) is 12.0 Å². The predicted octanol–water partition coefficient (Wildman–Crippen LogP) is 0.459. The molecule has 1 saturated heterocycles. The first-order chi connectivity index (χ1) is 10.8. The van der Waals surface area contributed by atoms with Gasteiger partial charge >= 0.3 is 0 Å². The molecule has 0 bridgehead atoms. The highest BCUT2D eigenvalue weighted by Gasteiger charge is 2.29. The number of aromatic amines is 1. The Morgan fingerprint density at radius 2 is 2.36 bits per heavy atom. The first-order valence-electron chi connectivity index (χ1n) is 7.34. The minimum atomic E-state index is -0.255. The highest BCUT2D eigenvalue weighted by Crippen LogP contribution is 2.17. The van der Waals surface area contributed by atoms with Gasteiger partial charge in [-0.3, -0.25) is 9.89 Å². The van der Waals surface area contributed by atoms with Crippen LogP contribution in [0, 0.1) is 0 Å². The van der Waals surface area contributed by atoms with E-state index in [1.807, 2.05) is 24.3 Å². The van der Waals surface area contributed by atoms with E-state index in [9.17, 15) is 4.79 Å². The van der Waals surface area contributed by atoms with Gasteiger partial charge in [0.05, 0.1) is 31.4 Å². The van der Waals surface area contributed by atoms with Crippen LogP contribution >= 0.6 is 0 Å². The molecule has 1 fully saturated rings. The zero-order chi connectivity index (χ0) is 15.4. The van der Waals surface area contributed by atoms with Crippen LogP contribution < -0.4 is 5.32 Å². The highest BCUT2D eigenvalue weighted by atomic mass is 16.5. The second kappa shape index (κ2) is 6.87. The van der Waals surface area contributed by atoms with Gasteiger partial charge in [0.2, 0.25) is 0 Å². The number of H-pyrrole nitrogens is 1. The summed E-state index contributed by atoms with van der Waals surface area (Å²) in [7, 11) is 0. The second-order valence-corrected chi connectivity index (χ2v) is 5.19. The number of para-hydroxylation sites is 1. The molecule has 1 aliphatic rings. The summed E-state index contributed by atoms with van der Waals surface area (Å²) in [6.07, 6.45) is 0.416. The molecule has 118 valence electrons. The van der Waals surface area contributed by atoms with E-state index in [2.05, 4.69) is 15.5 Å². The maximum atomic E-state index is 12.5. The summed E-state index contributed by atoms with van der Waals surface area (Å²) in [5, 5.41) is 19.6. The summed E-state index contributed by atoms with van der Waals surface area (Å²) < 4.78 is 10.9. The van der Waals surface area contributed by atoms with E-state index in [4.69, 9.17) is 14.6 Å². The topological polar surface area (TPSA) is 96.5 Å². The van der Waals surface area contributed by atoms with E-state index < -0.39 is 0 Å². The minimum absolute atomic E-state index is 0.0544. The molecule has 1 amide bonds. The molecule has 0 spiro atoms. The zero-order valence-corrected chi connectivity index (χ0v) is 12.1. The number of aliphatic hydroxyl groups excluding tert-OH is 1. The molecule has 0 saturated carbocycles. The number of aromatic nitrogens is 2. The van der Waals surface area contributed by atoms with Gasteiger partial charge in [0.15, 0.2) is 5.69 Å². The molecular weight excluding hydrogens is 286 g/mol. The molecule has 2 aromatic rings. The summed E-state index contributed by atoms with van der Waals surface area (Å²) in [6, 6.07) is 7.34. The Hall–Kier alpha value is -1.96. The molecule has 1 aromatic carbocycles. The van der Waals surface area contributed by atoms with Crippen molar-refractivity contribution in [3.8, 4) is 0 Å².